The van der Waals surface area contributed by atoms with Crippen LogP contribution in [0.15, 0.2) is 40.3 Å². The molecule has 4 N–H and O–H groups in total. The Morgan fingerprint density at radius 3 is 2.42 bits per heavy atom. The van der Waals surface area contributed by atoms with Gasteiger partial charge >= 0.3 is 5.97 Å². The molecular formula is C20H22N2O3S. The van der Waals surface area contributed by atoms with Gasteiger partial charge in [-0.2, -0.15) is 0 Å². The number of aromatic hydroxyl groups is 1. The number of nitrogens with two attached hydrogens (primary N) is 1. The van der Waals surface area contributed by atoms with Gasteiger partial charge in [0.15, 0.2) is 0 Å². The number of phenols is 1. The molecule has 0 spiro atoms. The van der Waals surface area contributed by atoms with Crippen molar-refractivity contribution in [3.8, 4) is 5.75 Å². The van der Waals surface area contributed by atoms with Crippen LogP contribution < -0.4 is 5.73 Å². The quantitative estimate of drug-likeness (QED) is 0.623. The maximum atomic E-state index is 12.1. The Labute approximate surface area is 156 Å². The molecule has 0 aliphatic heterocycles. The van der Waals surface area contributed by atoms with Gasteiger partial charge in [0.2, 0.25) is 0 Å². The Bertz CT molecular complexity index is 991. The van der Waals surface area contributed by atoms with E-state index in [2.05, 4.69) is 0 Å². The molecule has 0 saturated carbocycles. The first-order valence-electron chi connectivity index (χ1n) is 8.44. The number of carbonyl (C=O) groups is 1. The SMILES string of the molecule is CCn1c(Sc2ccc(CN)cc2)c(C(=O)O)c2c(C)c(O)c(C)cc21. The third-order valence-corrected chi connectivity index (χ3v) is 5.74. The van der Waals surface area contributed by atoms with E-state index in [0.29, 0.717) is 29.1 Å². The summed E-state index contributed by atoms with van der Waals surface area (Å²) in [6, 6.07) is 9.65. The molecule has 26 heavy (non-hydrogen) atoms. The molecule has 0 unspecified atom stereocenters. The standard InChI is InChI=1S/C20H22N2O3S/c1-4-22-15-9-11(2)18(23)12(3)16(15)17(20(24)25)19(22)26-14-7-5-13(10-21)6-8-14/h5-9,23H,4,10,21H2,1-3H3,(H,24,25). The highest BCUT2D eigenvalue weighted by Gasteiger charge is 2.25. The molecular weight excluding hydrogens is 348 g/mol. The van der Waals surface area contributed by atoms with Crippen molar-refractivity contribution in [2.45, 2.75) is 43.8 Å². The smallest absolute Gasteiger partial charge is 0.339 e. The summed E-state index contributed by atoms with van der Waals surface area (Å²) in [4.78, 5) is 13.0. The van der Waals surface area contributed by atoms with Crippen LogP contribution in [-0.4, -0.2) is 20.7 Å². The number of phenolic OH excluding ortho intramolecular Hbond substituents is 1. The zero-order chi connectivity index (χ0) is 19.0. The minimum absolute atomic E-state index is 0.150. The summed E-state index contributed by atoms with van der Waals surface area (Å²) in [6.45, 7) is 6.69. The molecule has 0 aliphatic rings. The molecule has 0 atom stereocenters. The first-order chi connectivity index (χ1) is 12.4. The van der Waals surface area contributed by atoms with E-state index >= 15 is 0 Å². The number of aryl methyl sites for hydroxylation is 3. The lowest BCUT2D eigenvalue weighted by Crippen LogP contribution is -2.01. The van der Waals surface area contributed by atoms with E-state index in [-0.39, 0.29) is 11.3 Å². The molecule has 5 nitrogen and oxygen atoms in total. The number of benzene rings is 2. The predicted octanol–water partition coefficient (Wildman–Crippen LogP) is 4.29. The van der Waals surface area contributed by atoms with Gasteiger partial charge < -0.3 is 20.5 Å². The van der Waals surface area contributed by atoms with Crippen LogP contribution in [0, 0.1) is 13.8 Å². The van der Waals surface area contributed by atoms with Crippen molar-refractivity contribution >= 4 is 28.6 Å². The monoisotopic (exact) mass is 370 g/mol. The van der Waals surface area contributed by atoms with E-state index in [1.54, 1.807) is 6.92 Å². The van der Waals surface area contributed by atoms with Gasteiger partial charge in [-0.3, -0.25) is 0 Å². The van der Waals surface area contributed by atoms with Crippen molar-refractivity contribution < 1.29 is 15.0 Å². The number of fused-ring (bicyclic) bond motifs is 1. The summed E-state index contributed by atoms with van der Waals surface area (Å²) >= 11 is 1.42. The maximum absolute atomic E-state index is 12.1. The molecule has 3 aromatic rings. The number of carboxylic acid groups (broad SMARTS) is 1. The van der Waals surface area contributed by atoms with E-state index in [1.807, 2.05) is 48.7 Å². The summed E-state index contributed by atoms with van der Waals surface area (Å²) in [5.41, 5.74) is 9.08. The van der Waals surface area contributed by atoms with E-state index in [0.717, 1.165) is 21.5 Å². The fraction of sp³-hybridized carbons (Fsp3) is 0.250. The van der Waals surface area contributed by atoms with Gasteiger partial charge in [-0.15, -0.1) is 0 Å². The largest absolute Gasteiger partial charge is 0.507 e. The van der Waals surface area contributed by atoms with Gasteiger partial charge in [0.05, 0.1) is 16.1 Å². The van der Waals surface area contributed by atoms with Crippen molar-refractivity contribution in [2.75, 3.05) is 0 Å². The molecule has 0 aliphatic carbocycles. The van der Waals surface area contributed by atoms with Crippen LogP contribution >= 0.6 is 11.8 Å². The van der Waals surface area contributed by atoms with Crippen LogP contribution in [0.3, 0.4) is 0 Å². The molecule has 1 aromatic heterocycles. The fourth-order valence-corrected chi connectivity index (χ4v) is 4.38. The number of hydrogen-bond acceptors (Lipinski definition) is 4. The minimum atomic E-state index is -0.991. The Kier molecular flexibility index (Phi) is 4.98. The fourth-order valence-electron chi connectivity index (χ4n) is 3.26. The second-order valence-corrected chi connectivity index (χ2v) is 7.30. The van der Waals surface area contributed by atoms with E-state index in [9.17, 15) is 15.0 Å². The van der Waals surface area contributed by atoms with Crippen LogP contribution in [0.2, 0.25) is 0 Å². The highest BCUT2D eigenvalue weighted by molar-refractivity contribution is 7.99. The normalized spacial score (nSPS) is 11.2. The summed E-state index contributed by atoms with van der Waals surface area (Å²) in [5.74, 6) is -0.841. The summed E-state index contributed by atoms with van der Waals surface area (Å²) < 4.78 is 2.00. The Balaban J connectivity index is 2.27. The van der Waals surface area contributed by atoms with E-state index < -0.39 is 5.97 Å². The van der Waals surface area contributed by atoms with Gasteiger partial charge in [-0.25, -0.2) is 4.79 Å². The van der Waals surface area contributed by atoms with Gasteiger partial charge in [-0.1, -0.05) is 23.9 Å². The highest BCUT2D eigenvalue weighted by Crippen LogP contribution is 2.41. The molecule has 1 heterocycles. The van der Waals surface area contributed by atoms with Gasteiger partial charge in [-0.05, 0) is 50.1 Å². The molecule has 6 heteroatoms. The number of rotatable bonds is 5. The molecule has 0 saturated heterocycles. The Morgan fingerprint density at radius 2 is 1.88 bits per heavy atom. The molecule has 0 fully saturated rings. The molecule has 3 rings (SSSR count). The zero-order valence-electron chi connectivity index (χ0n) is 15.0. The lowest BCUT2D eigenvalue weighted by molar-refractivity contribution is 0.0694. The highest BCUT2D eigenvalue weighted by atomic mass is 32.2. The molecule has 2 aromatic carbocycles. The summed E-state index contributed by atoms with van der Waals surface area (Å²) in [5, 5.41) is 21.5. The van der Waals surface area contributed by atoms with E-state index in [4.69, 9.17) is 5.73 Å². The van der Waals surface area contributed by atoms with Gasteiger partial charge in [0.25, 0.3) is 0 Å². The second-order valence-electron chi connectivity index (χ2n) is 6.24. The minimum Gasteiger partial charge on any atom is -0.507 e. The average molecular weight is 370 g/mol. The zero-order valence-corrected chi connectivity index (χ0v) is 15.9. The Morgan fingerprint density at radius 1 is 1.23 bits per heavy atom. The molecule has 0 radical (unpaired) electrons. The van der Waals surface area contributed by atoms with Crippen molar-refractivity contribution in [3.05, 3.63) is 52.6 Å². The van der Waals surface area contributed by atoms with Gasteiger partial charge in [0.1, 0.15) is 5.75 Å². The summed E-state index contributed by atoms with van der Waals surface area (Å²) in [7, 11) is 0. The van der Waals surface area contributed by atoms with E-state index in [1.165, 1.54) is 11.8 Å². The lowest BCUT2D eigenvalue weighted by Gasteiger charge is -2.09. The van der Waals surface area contributed by atoms with Crippen LogP contribution in [0.4, 0.5) is 0 Å². The third kappa shape index (κ3) is 2.95. The van der Waals surface area contributed by atoms with Crippen molar-refractivity contribution in [1.29, 1.82) is 0 Å². The number of nitrogens with zero attached hydrogens (tertiary/aromatic N) is 1. The topological polar surface area (TPSA) is 88.5 Å². The number of carboxylic acids is 1. The van der Waals surface area contributed by atoms with Crippen LogP contribution in [0.5, 0.6) is 5.75 Å². The van der Waals surface area contributed by atoms with Crippen LogP contribution in [-0.2, 0) is 13.1 Å². The first-order valence-corrected chi connectivity index (χ1v) is 9.26. The number of aromatic carboxylic acids is 1. The van der Waals surface area contributed by atoms with Crippen molar-refractivity contribution in [3.63, 3.8) is 0 Å². The number of aromatic nitrogens is 1. The van der Waals surface area contributed by atoms with Crippen molar-refractivity contribution in [2.24, 2.45) is 5.73 Å². The van der Waals surface area contributed by atoms with Crippen molar-refractivity contribution in [1.82, 2.24) is 4.57 Å². The van der Waals surface area contributed by atoms with Crippen LogP contribution in [0.25, 0.3) is 10.9 Å². The molecule has 0 amide bonds. The maximum Gasteiger partial charge on any atom is 0.339 e. The Hall–Kier alpha value is -2.44. The third-order valence-electron chi connectivity index (χ3n) is 4.62. The number of hydrogen-bond donors (Lipinski definition) is 3. The molecule has 0 bridgehead atoms. The summed E-state index contributed by atoms with van der Waals surface area (Å²) in [6.07, 6.45) is 0. The first kappa shape index (κ1) is 18.4. The predicted molar refractivity (Wildman–Crippen MR) is 104 cm³/mol. The second kappa shape index (κ2) is 7.05. The average Bonchev–Trinajstić information content (AvgIpc) is 2.93. The van der Waals surface area contributed by atoms with Gasteiger partial charge in [0, 0.05) is 28.9 Å². The molecule has 136 valence electrons. The van der Waals surface area contributed by atoms with Crippen LogP contribution in [0.1, 0.15) is 34.0 Å². The lowest BCUT2D eigenvalue weighted by atomic mass is 10.0.